The lowest BCUT2D eigenvalue weighted by Crippen LogP contribution is -2.42. The summed E-state index contributed by atoms with van der Waals surface area (Å²) < 4.78 is 38.4. The van der Waals surface area contributed by atoms with Crippen LogP contribution < -0.4 is 10.6 Å². The second-order valence-corrected chi connectivity index (χ2v) is 6.60. The monoisotopic (exact) mass is 388 g/mol. The fourth-order valence-electron chi connectivity index (χ4n) is 2.79. The Bertz CT molecular complexity index is 684. The van der Waals surface area contributed by atoms with E-state index in [1.807, 2.05) is 0 Å². The molecule has 0 atom stereocenters. The van der Waals surface area contributed by atoms with Gasteiger partial charge < -0.3 is 10.6 Å². The van der Waals surface area contributed by atoms with Gasteiger partial charge in [0.1, 0.15) is 0 Å². The van der Waals surface area contributed by atoms with Crippen molar-refractivity contribution in [3.05, 3.63) is 40.4 Å². The first-order valence-electron chi connectivity index (χ1n) is 8.38. The Morgan fingerprint density at radius 3 is 2.54 bits per heavy atom. The fraction of sp³-hybridized carbons (Fsp3) is 0.444. The third-order valence-electron chi connectivity index (χ3n) is 4.12. The van der Waals surface area contributed by atoms with Crippen LogP contribution in [0, 0.1) is 0 Å². The van der Waals surface area contributed by atoms with Gasteiger partial charge in [-0.25, -0.2) is 0 Å². The predicted octanol–water partition coefficient (Wildman–Crippen LogP) is 3.94. The molecular formula is C18H20ClF3N2O2. The van der Waals surface area contributed by atoms with Gasteiger partial charge in [0.15, 0.2) is 0 Å². The van der Waals surface area contributed by atoms with Crippen LogP contribution in [0.3, 0.4) is 0 Å². The molecule has 2 rings (SSSR count). The molecule has 0 saturated heterocycles. The lowest BCUT2D eigenvalue weighted by molar-refractivity contribution is -0.137. The maximum atomic E-state index is 12.8. The third-order valence-corrected chi connectivity index (χ3v) is 4.45. The maximum Gasteiger partial charge on any atom is 0.417 e. The zero-order valence-electron chi connectivity index (χ0n) is 14.0. The number of carbonyl (C=O) groups excluding carboxylic acids is 2. The smallest absolute Gasteiger partial charge is 0.352 e. The Hall–Kier alpha value is -2.02. The van der Waals surface area contributed by atoms with E-state index in [2.05, 4.69) is 10.6 Å². The Balaban J connectivity index is 1.84. The Morgan fingerprint density at radius 2 is 1.88 bits per heavy atom. The molecule has 1 saturated carbocycles. The molecule has 1 aromatic carbocycles. The summed E-state index contributed by atoms with van der Waals surface area (Å²) in [6.45, 7) is -0.173. The Morgan fingerprint density at radius 1 is 1.19 bits per heavy atom. The van der Waals surface area contributed by atoms with Crippen molar-refractivity contribution >= 4 is 29.5 Å². The molecule has 0 aliphatic heterocycles. The highest BCUT2D eigenvalue weighted by molar-refractivity contribution is 6.31. The number of rotatable bonds is 5. The molecule has 26 heavy (non-hydrogen) atoms. The number of hydrogen-bond donors (Lipinski definition) is 2. The number of halogens is 4. The molecule has 142 valence electrons. The highest BCUT2D eigenvalue weighted by Crippen LogP contribution is 2.35. The molecule has 4 nitrogen and oxygen atoms in total. The van der Waals surface area contributed by atoms with Gasteiger partial charge in [0.05, 0.1) is 17.1 Å². The number of benzene rings is 1. The second kappa shape index (κ2) is 9.07. The summed E-state index contributed by atoms with van der Waals surface area (Å²) in [7, 11) is 0. The summed E-state index contributed by atoms with van der Waals surface area (Å²) >= 11 is 5.54. The van der Waals surface area contributed by atoms with E-state index in [-0.39, 0.29) is 24.1 Å². The standard InChI is InChI=1S/C18H20ClF3N2O2/c19-15-8-6-12(10-14(15)18(20,21)22)7-9-16(25)23-11-17(26)24-13-4-2-1-3-5-13/h6-10,13H,1-5,11H2,(H,23,25)(H,24,26)/b9-7+. The molecule has 2 N–H and O–H groups in total. The lowest BCUT2D eigenvalue weighted by atomic mass is 9.95. The first-order chi connectivity index (χ1) is 12.3. The van der Waals surface area contributed by atoms with Gasteiger partial charge in [-0.1, -0.05) is 36.9 Å². The molecule has 1 aliphatic carbocycles. The molecule has 8 heteroatoms. The van der Waals surface area contributed by atoms with Gasteiger partial charge in [-0.2, -0.15) is 13.2 Å². The van der Waals surface area contributed by atoms with E-state index in [1.54, 1.807) is 0 Å². The van der Waals surface area contributed by atoms with Crippen LogP contribution in [0.2, 0.25) is 5.02 Å². The summed E-state index contributed by atoms with van der Waals surface area (Å²) in [5.74, 6) is -0.836. The fourth-order valence-corrected chi connectivity index (χ4v) is 3.01. The van der Waals surface area contributed by atoms with E-state index in [0.29, 0.717) is 0 Å². The predicted molar refractivity (Wildman–Crippen MR) is 93.5 cm³/mol. The zero-order valence-corrected chi connectivity index (χ0v) is 14.8. The van der Waals surface area contributed by atoms with E-state index < -0.39 is 22.7 Å². The SMILES string of the molecule is O=C(/C=C/c1ccc(Cl)c(C(F)(F)F)c1)NCC(=O)NC1CCCCC1. The van der Waals surface area contributed by atoms with Crippen LogP contribution in [0.15, 0.2) is 24.3 Å². The van der Waals surface area contributed by atoms with Crippen molar-refractivity contribution < 1.29 is 22.8 Å². The first kappa shape index (κ1) is 20.3. The highest BCUT2D eigenvalue weighted by atomic mass is 35.5. The first-order valence-corrected chi connectivity index (χ1v) is 8.75. The van der Waals surface area contributed by atoms with Gasteiger partial charge in [0, 0.05) is 12.1 Å². The van der Waals surface area contributed by atoms with Gasteiger partial charge >= 0.3 is 6.18 Å². The molecule has 0 bridgehead atoms. The van der Waals surface area contributed by atoms with E-state index in [9.17, 15) is 22.8 Å². The van der Waals surface area contributed by atoms with Crippen molar-refractivity contribution in [3.8, 4) is 0 Å². The molecule has 0 heterocycles. The van der Waals surface area contributed by atoms with Crippen molar-refractivity contribution in [2.24, 2.45) is 0 Å². The van der Waals surface area contributed by atoms with Crippen LogP contribution >= 0.6 is 11.6 Å². The summed E-state index contributed by atoms with van der Waals surface area (Å²) in [6.07, 6.45) is 2.98. The minimum Gasteiger partial charge on any atom is -0.352 e. The number of alkyl halides is 3. The lowest BCUT2D eigenvalue weighted by Gasteiger charge is -2.22. The summed E-state index contributed by atoms with van der Waals surface area (Å²) in [6, 6.07) is 3.51. The average molecular weight is 389 g/mol. The van der Waals surface area contributed by atoms with Crippen LogP contribution in [0.4, 0.5) is 13.2 Å². The van der Waals surface area contributed by atoms with Gasteiger partial charge in [0.2, 0.25) is 11.8 Å². The Kier molecular flexibility index (Phi) is 7.08. The normalized spacial score (nSPS) is 15.8. The van der Waals surface area contributed by atoms with Crippen molar-refractivity contribution in [3.63, 3.8) is 0 Å². The van der Waals surface area contributed by atoms with Crippen LogP contribution in [-0.4, -0.2) is 24.4 Å². The van der Waals surface area contributed by atoms with E-state index in [4.69, 9.17) is 11.6 Å². The molecule has 1 aromatic rings. The minimum atomic E-state index is -4.57. The van der Waals surface area contributed by atoms with Gasteiger partial charge in [-0.15, -0.1) is 0 Å². The largest absolute Gasteiger partial charge is 0.417 e. The van der Waals surface area contributed by atoms with Crippen LogP contribution in [0.25, 0.3) is 6.08 Å². The molecule has 0 unspecified atom stereocenters. The topological polar surface area (TPSA) is 58.2 Å². The van der Waals surface area contributed by atoms with Crippen molar-refractivity contribution in [2.75, 3.05) is 6.54 Å². The van der Waals surface area contributed by atoms with E-state index in [1.165, 1.54) is 18.6 Å². The van der Waals surface area contributed by atoms with Gasteiger partial charge in [-0.05, 0) is 36.6 Å². The van der Waals surface area contributed by atoms with Crippen molar-refractivity contribution in [2.45, 2.75) is 44.3 Å². The van der Waals surface area contributed by atoms with Crippen LogP contribution in [-0.2, 0) is 15.8 Å². The highest BCUT2D eigenvalue weighted by Gasteiger charge is 2.33. The zero-order chi connectivity index (χ0) is 19.2. The molecule has 0 spiro atoms. The summed E-state index contributed by atoms with van der Waals surface area (Å²) in [5.41, 5.74) is -0.780. The van der Waals surface area contributed by atoms with Crippen molar-refractivity contribution in [1.82, 2.24) is 10.6 Å². The quantitative estimate of drug-likeness (QED) is 0.751. The van der Waals surface area contributed by atoms with Crippen molar-refractivity contribution in [1.29, 1.82) is 0 Å². The molecule has 1 fully saturated rings. The third kappa shape index (κ3) is 6.37. The number of amides is 2. The van der Waals surface area contributed by atoms with Crippen LogP contribution in [0.1, 0.15) is 43.2 Å². The second-order valence-electron chi connectivity index (χ2n) is 6.19. The molecule has 0 radical (unpaired) electrons. The number of carbonyl (C=O) groups is 2. The molecule has 0 aromatic heterocycles. The van der Waals surface area contributed by atoms with Crippen LogP contribution in [0.5, 0.6) is 0 Å². The average Bonchev–Trinajstić information content (AvgIpc) is 2.59. The maximum absolute atomic E-state index is 12.8. The van der Waals surface area contributed by atoms with E-state index >= 15 is 0 Å². The summed E-state index contributed by atoms with van der Waals surface area (Å²) in [4.78, 5) is 23.5. The number of nitrogens with one attached hydrogen (secondary N) is 2. The van der Waals surface area contributed by atoms with Gasteiger partial charge in [-0.3, -0.25) is 9.59 Å². The molecule has 1 aliphatic rings. The minimum absolute atomic E-state index is 0.151. The molecule has 2 amide bonds. The Labute approximate surface area is 154 Å². The van der Waals surface area contributed by atoms with E-state index in [0.717, 1.165) is 43.9 Å². The summed E-state index contributed by atoms with van der Waals surface area (Å²) in [5, 5.41) is 4.87. The van der Waals surface area contributed by atoms with Gasteiger partial charge in [0.25, 0.3) is 0 Å². The molecular weight excluding hydrogens is 369 g/mol. The number of hydrogen-bond acceptors (Lipinski definition) is 2.